The SMILES string of the molecule is C=C1NCc2c1c1c3ccccc3n3c1c1c2c2ccccc2n1[C@@]1(C)O[C@@H]3C[C@@H](NC)C1C. The molecule has 4 atom stereocenters. The van der Waals surface area contributed by atoms with Crippen LogP contribution in [0.2, 0.25) is 0 Å². The van der Waals surface area contributed by atoms with Crippen LogP contribution in [-0.2, 0) is 17.0 Å². The van der Waals surface area contributed by atoms with Gasteiger partial charge in [-0.15, -0.1) is 0 Å². The number of hydrogen-bond acceptors (Lipinski definition) is 3. The van der Waals surface area contributed by atoms with Gasteiger partial charge in [0.25, 0.3) is 0 Å². The van der Waals surface area contributed by atoms with Gasteiger partial charge in [-0.05, 0) is 31.7 Å². The molecule has 0 amide bonds. The minimum Gasteiger partial charge on any atom is -0.381 e. The lowest BCUT2D eigenvalue weighted by atomic mass is 9.85. The fourth-order valence-electron chi connectivity index (χ4n) is 7.36. The average Bonchev–Trinajstić information content (AvgIpc) is 3.48. The first-order chi connectivity index (χ1) is 16.5. The first-order valence-electron chi connectivity index (χ1n) is 12.3. The first kappa shape index (κ1) is 19.1. The zero-order valence-electron chi connectivity index (χ0n) is 19.8. The largest absolute Gasteiger partial charge is 0.381 e. The minimum atomic E-state index is -0.484. The molecule has 0 saturated carbocycles. The van der Waals surface area contributed by atoms with E-state index in [0.29, 0.717) is 12.0 Å². The number of nitrogens with zero attached hydrogens (tertiary/aromatic N) is 2. The van der Waals surface area contributed by atoms with Gasteiger partial charge in [-0.25, -0.2) is 0 Å². The molecule has 0 spiro atoms. The number of fused-ring (bicyclic) bond motifs is 13. The van der Waals surface area contributed by atoms with Crippen molar-refractivity contribution < 1.29 is 4.74 Å². The van der Waals surface area contributed by atoms with Crippen molar-refractivity contribution >= 4 is 49.3 Å². The highest BCUT2D eigenvalue weighted by atomic mass is 16.5. The quantitative estimate of drug-likeness (QED) is 0.340. The molecular weight excluding hydrogens is 420 g/mol. The fraction of sp³-hybridized carbons (Fsp3) is 0.310. The second-order valence-corrected chi connectivity index (χ2v) is 10.4. The molecule has 8 rings (SSSR count). The lowest BCUT2D eigenvalue weighted by Crippen LogP contribution is -2.54. The zero-order valence-corrected chi connectivity index (χ0v) is 19.8. The summed E-state index contributed by atoms with van der Waals surface area (Å²) >= 11 is 0. The van der Waals surface area contributed by atoms with Crippen molar-refractivity contribution in [3.8, 4) is 0 Å². The Morgan fingerprint density at radius 3 is 2.50 bits per heavy atom. The molecule has 5 heterocycles. The summed E-state index contributed by atoms with van der Waals surface area (Å²) in [7, 11) is 2.09. The molecule has 5 heteroatoms. The minimum absolute atomic E-state index is 0.0522. The van der Waals surface area contributed by atoms with Crippen LogP contribution < -0.4 is 10.6 Å². The van der Waals surface area contributed by atoms with Crippen LogP contribution in [-0.4, -0.2) is 22.2 Å². The van der Waals surface area contributed by atoms with Gasteiger partial charge < -0.3 is 24.5 Å². The van der Waals surface area contributed by atoms with Crippen LogP contribution >= 0.6 is 0 Å². The Kier molecular flexibility index (Phi) is 3.39. The van der Waals surface area contributed by atoms with E-state index in [-0.39, 0.29) is 6.23 Å². The Hall–Kier alpha value is -3.28. The average molecular weight is 449 g/mol. The Labute approximate surface area is 198 Å². The van der Waals surface area contributed by atoms with E-state index in [2.05, 4.69) is 95.8 Å². The third-order valence-corrected chi connectivity index (χ3v) is 9.02. The highest BCUT2D eigenvalue weighted by Crippen LogP contribution is 2.55. The number of hydrogen-bond donors (Lipinski definition) is 2. The molecule has 1 unspecified atom stereocenters. The smallest absolute Gasteiger partial charge is 0.149 e. The van der Waals surface area contributed by atoms with Crippen LogP contribution in [0.3, 0.4) is 0 Å². The van der Waals surface area contributed by atoms with Gasteiger partial charge in [-0.3, -0.25) is 0 Å². The summed E-state index contributed by atoms with van der Waals surface area (Å²) in [6.07, 6.45) is 0.880. The molecular formula is C29H28N4O. The summed E-state index contributed by atoms with van der Waals surface area (Å²) in [4.78, 5) is 0. The maximum absolute atomic E-state index is 7.18. The van der Waals surface area contributed by atoms with Gasteiger partial charge in [0.2, 0.25) is 0 Å². The standard InChI is InChI=1S/C29H28N4O/c1-15-20(30-4)13-23-32-21-11-7-5-9-17(21)26-24-16(2)31-14-19(24)25-18-10-6-8-12-22(18)33(28(25)27(26)32)29(15,3)34-23/h5-12,15,20,23,30-31H,2,13-14H2,1,3-4H3/t15?,20-,23-,29+/m1/s1. The first-order valence-corrected chi connectivity index (χ1v) is 12.3. The predicted molar refractivity (Wildman–Crippen MR) is 139 cm³/mol. The van der Waals surface area contributed by atoms with Gasteiger partial charge in [0.15, 0.2) is 0 Å². The predicted octanol–water partition coefficient (Wildman–Crippen LogP) is 5.81. The van der Waals surface area contributed by atoms with E-state index in [9.17, 15) is 0 Å². The van der Waals surface area contributed by atoms with Gasteiger partial charge in [-0.1, -0.05) is 49.9 Å². The lowest BCUT2D eigenvalue weighted by molar-refractivity contribution is -0.224. The van der Waals surface area contributed by atoms with E-state index in [1.807, 2.05) is 0 Å². The third kappa shape index (κ3) is 1.94. The number of ether oxygens (including phenoxy) is 1. The molecule has 1 saturated heterocycles. The summed E-state index contributed by atoms with van der Waals surface area (Å²) in [6, 6.07) is 18.0. The lowest BCUT2D eigenvalue weighted by Gasteiger charge is -2.48. The molecule has 3 aliphatic rings. The normalized spacial score (nSPS) is 27.7. The number of aromatic nitrogens is 2. The van der Waals surface area contributed by atoms with Crippen molar-refractivity contribution in [2.75, 3.05) is 7.05 Å². The number of nitrogens with one attached hydrogen (secondary N) is 2. The molecule has 0 radical (unpaired) electrons. The highest BCUT2D eigenvalue weighted by molar-refractivity contribution is 6.27. The van der Waals surface area contributed by atoms with Crippen LogP contribution in [0.4, 0.5) is 0 Å². The molecule has 5 aromatic rings. The molecule has 2 aromatic heterocycles. The van der Waals surface area contributed by atoms with Crippen LogP contribution in [0.15, 0.2) is 55.1 Å². The Bertz CT molecular complexity index is 1720. The van der Waals surface area contributed by atoms with Crippen molar-refractivity contribution in [2.24, 2.45) is 5.92 Å². The van der Waals surface area contributed by atoms with Gasteiger partial charge in [0.05, 0.1) is 22.1 Å². The van der Waals surface area contributed by atoms with Crippen molar-refractivity contribution in [3.05, 3.63) is 66.2 Å². The topological polar surface area (TPSA) is 43.1 Å². The molecule has 3 aromatic carbocycles. The van der Waals surface area contributed by atoms with Crippen LogP contribution in [0, 0.1) is 5.92 Å². The zero-order chi connectivity index (χ0) is 22.9. The molecule has 3 aliphatic heterocycles. The summed E-state index contributed by atoms with van der Waals surface area (Å²) in [5, 5.41) is 12.4. The van der Waals surface area contributed by atoms with Gasteiger partial charge in [-0.2, -0.15) is 0 Å². The Balaban J connectivity index is 1.74. The van der Waals surface area contributed by atoms with Crippen molar-refractivity contribution in [3.63, 3.8) is 0 Å². The second-order valence-electron chi connectivity index (χ2n) is 10.4. The number of benzene rings is 3. The fourth-order valence-corrected chi connectivity index (χ4v) is 7.36. The van der Waals surface area contributed by atoms with Crippen LogP contribution in [0.25, 0.3) is 49.3 Å². The van der Waals surface area contributed by atoms with Crippen LogP contribution in [0.1, 0.15) is 37.6 Å². The second kappa shape index (κ2) is 6.04. The maximum Gasteiger partial charge on any atom is 0.149 e. The van der Waals surface area contributed by atoms with E-state index in [1.54, 1.807) is 0 Å². The van der Waals surface area contributed by atoms with Gasteiger partial charge in [0, 0.05) is 57.7 Å². The van der Waals surface area contributed by atoms with Gasteiger partial charge >= 0.3 is 0 Å². The van der Waals surface area contributed by atoms with E-state index in [0.717, 1.165) is 18.7 Å². The number of para-hydroxylation sites is 2. The molecule has 170 valence electrons. The molecule has 34 heavy (non-hydrogen) atoms. The molecule has 1 fully saturated rings. The van der Waals surface area contributed by atoms with Crippen molar-refractivity contribution in [1.82, 2.24) is 19.8 Å². The summed E-state index contributed by atoms with van der Waals surface area (Å²) in [5.74, 6) is 0.292. The Morgan fingerprint density at radius 2 is 1.74 bits per heavy atom. The van der Waals surface area contributed by atoms with Crippen LogP contribution in [0.5, 0.6) is 0 Å². The molecule has 2 N–H and O–H groups in total. The number of rotatable bonds is 1. The van der Waals surface area contributed by atoms with E-state index in [4.69, 9.17) is 4.74 Å². The van der Waals surface area contributed by atoms with E-state index < -0.39 is 5.72 Å². The van der Waals surface area contributed by atoms with Gasteiger partial charge in [0.1, 0.15) is 12.0 Å². The van der Waals surface area contributed by atoms with Crippen molar-refractivity contribution in [1.29, 1.82) is 0 Å². The maximum atomic E-state index is 7.18. The molecule has 0 aliphatic carbocycles. The highest BCUT2D eigenvalue weighted by Gasteiger charge is 2.50. The van der Waals surface area contributed by atoms with E-state index in [1.165, 1.54) is 54.7 Å². The summed E-state index contributed by atoms with van der Waals surface area (Å²) in [6.45, 7) is 9.89. The Morgan fingerprint density at radius 1 is 1.03 bits per heavy atom. The monoisotopic (exact) mass is 448 g/mol. The third-order valence-electron chi connectivity index (χ3n) is 9.02. The molecule has 5 nitrogen and oxygen atoms in total. The molecule has 2 bridgehead atoms. The van der Waals surface area contributed by atoms with E-state index >= 15 is 0 Å². The van der Waals surface area contributed by atoms with Crippen molar-refractivity contribution in [2.45, 2.75) is 44.8 Å². The summed E-state index contributed by atoms with van der Waals surface area (Å²) < 4.78 is 12.2. The summed E-state index contributed by atoms with van der Waals surface area (Å²) in [5.41, 5.74) is 8.25.